The Balaban J connectivity index is 1.13. The zero-order valence-electron chi connectivity index (χ0n) is 29.2. The molecular formula is C40H31F2N11O2. The number of nitrogens with zero attached hydrogens (tertiary/aromatic N) is 9. The molecule has 8 aromatic rings. The Morgan fingerprint density at radius 1 is 0.673 bits per heavy atom. The third-order valence-corrected chi connectivity index (χ3v) is 8.95. The van der Waals surface area contributed by atoms with Gasteiger partial charge in [0.25, 0.3) is 0 Å². The average Bonchev–Trinajstić information content (AvgIpc) is 3.83. The second-order valence-corrected chi connectivity index (χ2v) is 12.5. The lowest BCUT2D eigenvalue weighted by Crippen LogP contribution is -2.53. The molecular weight excluding hydrogens is 705 g/mol. The van der Waals surface area contributed by atoms with Crippen LogP contribution in [-0.4, -0.2) is 56.6 Å². The summed E-state index contributed by atoms with van der Waals surface area (Å²) in [5, 5.41) is 18.5. The van der Waals surface area contributed by atoms with Gasteiger partial charge in [0, 0.05) is 23.2 Å². The number of carbonyl (C=O) groups excluding carboxylic acids is 2. The van der Waals surface area contributed by atoms with Gasteiger partial charge < -0.3 is 0 Å². The maximum absolute atomic E-state index is 14.5. The van der Waals surface area contributed by atoms with Crippen molar-refractivity contribution in [1.29, 1.82) is 0 Å². The summed E-state index contributed by atoms with van der Waals surface area (Å²) >= 11 is 0. The van der Waals surface area contributed by atoms with Gasteiger partial charge in [0.15, 0.2) is 0 Å². The number of pyridine rings is 3. The monoisotopic (exact) mass is 735 g/mol. The van der Waals surface area contributed by atoms with Gasteiger partial charge in [0.1, 0.15) is 23.3 Å². The highest BCUT2D eigenvalue weighted by molar-refractivity contribution is 5.95. The molecule has 0 unspecified atom stereocenters. The van der Waals surface area contributed by atoms with Gasteiger partial charge in [-0.1, -0.05) is 42.5 Å². The predicted molar refractivity (Wildman–Crippen MR) is 202 cm³/mol. The van der Waals surface area contributed by atoms with Crippen molar-refractivity contribution in [3.05, 3.63) is 163 Å². The van der Waals surface area contributed by atoms with Crippen LogP contribution >= 0.6 is 0 Å². The summed E-state index contributed by atoms with van der Waals surface area (Å²) in [4.78, 5) is 41.9. The highest BCUT2D eigenvalue weighted by Gasteiger charge is 2.33. The Morgan fingerprint density at radius 3 is 1.78 bits per heavy atom. The van der Waals surface area contributed by atoms with Gasteiger partial charge in [-0.3, -0.25) is 15.6 Å². The summed E-state index contributed by atoms with van der Waals surface area (Å²) < 4.78 is 31.0. The summed E-state index contributed by atoms with van der Waals surface area (Å²) in [6, 6.07) is 25.6. The molecule has 3 aromatic carbocycles. The first-order chi connectivity index (χ1) is 26.8. The number of hydrogen-bond donors (Lipinski definition) is 2. The van der Waals surface area contributed by atoms with Crippen molar-refractivity contribution in [3.63, 3.8) is 0 Å². The van der Waals surface area contributed by atoms with Gasteiger partial charge in [0.2, 0.25) is 0 Å². The zero-order valence-corrected chi connectivity index (χ0v) is 29.2. The van der Waals surface area contributed by atoms with Crippen LogP contribution in [0.25, 0.3) is 33.2 Å². The van der Waals surface area contributed by atoms with Crippen LogP contribution in [-0.2, 0) is 6.54 Å². The van der Waals surface area contributed by atoms with Gasteiger partial charge in [-0.05, 0) is 78.7 Å². The van der Waals surface area contributed by atoms with E-state index in [1.807, 2.05) is 42.5 Å². The first kappa shape index (κ1) is 34.5. The Bertz CT molecular complexity index is 2620. The molecule has 13 nitrogen and oxygen atoms in total. The van der Waals surface area contributed by atoms with E-state index >= 15 is 0 Å². The van der Waals surface area contributed by atoms with Gasteiger partial charge in [-0.15, -0.1) is 0 Å². The highest BCUT2D eigenvalue weighted by Crippen LogP contribution is 2.28. The standard InChI is InChI=1S/C40H31F2N11O2/c1-26(28-7-9-31(41)10-8-28)53(40(55)49-38-20-30-21-46-51(35(30)23-45-38)33-13-11-32(42)12-14-33)50(25-27-5-3-2-4-6-27)39(54)48-37-19-29-22-47-52(36(29)24-44-37)34-15-17-43-18-16-34/h2-24,26H,25H2,1H3,(H,44,48,54)(H,45,49,55)/t26-/m1/s1. The van der Waals surface area contributed by atoms with Crippen molar-refractivity contribution in [2.45, 2.75) is 19.5 Å². The molecule has 55 heavy (non-hydrogen) atoms. The molecule has 1 atom stereocenters. The van der Waals surface area contributed by atoms with Crippen LogP contribution in [0.1, 0.15) is 24.1 Å². The summed E-state index contributed by atoms with van der Waals surface area (Å²) in [7, 11) is 0. The molecule has 0 radical (unpaired) electrons. The lowest BCUT2D eigenvalue weighted by molar-refractivity contribution is 0.0238. The van der Waals surface area contributed by atoms with E-state index in [-0.39, 0.29) is 24.0 Å². The van der Waals surface area contributed by atoms with E-state index in [9.17, 15) is 18.4 Å². The molecule has 0 fully saturated rings. The van der Waals surface area contributed by atoms with E-state index in [0.29, 0.717) is 27.7 Å². The van der Waals surface area contributed by atoms with E-state index in [1.54, 1.807) is 89.9 Å². The molecule has 5 aromatic heterocycles. The van der Waals surface area contributed by atoms with E-state index in [4.69, 9.17) is 0 Å². The molecule has 2 N–H and O–H groups in total. The minimum Gasteiger partial charge on any atom is -0.291 e. The van der Waals surface area contributed by atoms with Crippen LogP contribution < -0.4 is 10.6 Å². The molecule has 8 rings (SSSR count). The molecule has 15 heteroatoms. The number of fused-ring (bicyclic) bond motifs is 2. The Labute approximate surface area is 312 Å². The molecule has 0 aliphatic carbocycles. The first-order valence-electron chi connectivity index (χ1n) is 17.1. The lowest BCUT2D eigenvalue weighted by atomic mass is 10.1. The molecule has 0 saturated carbocycles. The van der Waals surface area contributed by atoms with Crippen LogP contribution in [0.15, 0.2) is 140 Å². The van der Waals surface area contributed by atoms with Crippen LogP contribution in [0.5, 0.6) is 0 Å². The number of rotatable bonds is 8. The van der Waals surface area contributed by atoms with E-state index in [0.717, 1.165) is 16.6 Å². The topological polar surface area (TPSA) is 139 Å². The van der Waals surface area contributed by atoms with E-state index in [1.165, 1.54) is 34.3 Å². The number of hydrogen-bond acceptors (Lipinski definition) is 7. The summed E-state index contributed by atoms with van der Waals surface area (Å²) in [5.41, 5.74) is 4.06. The van der Waals surface area contributed by atoms with Gasteiger partial charge in [-0.25, -0.2) is 47.7 Å². The van der Waals surface area contributed by atoms with Gasteiger partial charge >= 0.3 is 12.1 Å². The number of nitrogens with one attached hydrogen (secondary N) is 2. The first-order valence-corrected chi connectivity index (χ1v) is 17.1. The number of carbonyl (C=O) groups is 2. The quantitative estimate of drug-likeness (QED) is 0.151. The second-order valence-electron chi connectivity index (χ2n) is 12.5. The largest absolute Gasteiger partial charge is 0.342 e. The van der Waals surface area contributed by atoms with Crippen molar-refractivity contribution in [3.8, 4) is 11.4 Å². The maximum Gasteiger partial charge on any atom is 0.342 e. The number of amides is 4. The molecule has 0 aliphatic rings. The van der Waals surface area contributed by atoms with Crippen LogP contribution in [0.2, 0.25) is 0 Å². The number of halogens is 2. The molecule has 5 heterocycles. The summed E-state index contributed by atoms with van der Waals surface area (Å²) in [5.74, 6) is -0.405. The second kappa shape index (κ2) is 14.8. The normalized spacial score (nSPS) is 11.7. The third kappa shape index (κ3) is 7.26. The van der Waals surface area contributed by atoms with Crippen molar-refractivity contribution in [2.75, 3.05) is 10.6 Å². The summed E-state index contributed by atoms with van der Waals surface area (Å²) in [6.07, 6.45) is 9.75. The SMILES string of the molecule is C[C@H](c1ccc(F)cc1)N(C(=O)Nc1cc2cnn(-c3ccc(F)cc3)c2cn1)N(Cc1ccccc1)C(=O)Nc1cc2cnn(-c3ccncc3)c2cn1. The van der Waals surface area contributed by atoms with Crippen molar-refractivity contribution < 1.29 is 18.4 Å². The minimum atomic E-state index is -0.783. The number of hydrazine groups is 1. The van der Waals surface area contributed by atoms with Crippen molar-refractivity contribution >= 4 is 45.5 Å². The Morgan fingerprint density at radius 2 is 1.20 bits per heavy atom. The molecule has 0 bridgehead atoms. The zero-order chi connectivity index (χ0) is 37.9. The van der Waals surface area contributed by atoms with Crippen molar-refractivity contribution in [1.82, 2.24) is 44.5 Å². The smallest absolute Gasteiger partial charge is 0.291 e. The number of urea groups is 2. The molecule has 0 spiro atoms. The minimum absolute atomic E-state index is 0.0231. The fraction of sp³-hybridized carbons (Fsp3) is 0.0750. The number of anilines is 2. The highest BCUT2D eigenvalue weighted by atomic mass is 19.1. The van der Waals surface area contributed by atoms with E-state index in [2.05, 4.69) is 35.8 Å². The van der Waals surface area contributed by atoms with Gasteiger partial charge in [0.05, 0.1) is 59.8 Å². The Hall–Kier alpha value is -7.55. The third-order valence-electron chi connectivity index (χ3n) is 8.95. The lowest BCUT2D eigenvalue weighted by Gasteiger charge is -2.38. The fourth-order valence-corrected chi connectivity index (χ4v) is 6.19. The fourth-order valence-electron chi connectivity index (χ4n) is 6.19. The molecule has 0 aliphatic heterocycles. The maximum atomic E-state index is 14.5. The number of benzene rings is 3. The molecule has 0 saturated heterocycles. The molecule has 272 valence electrons. The Kier molecular flexibility index (Phi) is 9.31. The van der Waals surface area contributed by atoms with Crippen LogP contribution in [0, 0.1) is 11.6 Å². The predicted octanol–water partition coefficient (Wildman–Crippen LogP) is 8.07. The summed E-state index contributed by atoms with van der Waals surface area (Å²) in [6.45, 7) is 1.71. The van der Waals surface area contributed by atoms with Gasteiger partial charge in [-0.2, -0.15) is 10.2 Å². The van der Waals surface area contributed by atoms with Crippen LogP contribution in [0.4, 0.5) is 30.0 Å². The molecule has 4 amide bonds. The van der Waals surface area contributed by atoms with Crippen LogP contribution in [0.3, 0.4) is 0 Å². The average molecular weight is 736 g/mol. The van der Waals surface area contributed by atoms with Crippen molar-refractivity contribution in [2.24, 2.45) is 0 Å². The van der Waals surface area contributed by atoms with E-state index < -0.39 is 23.9 Å². The number of aromatic nitrogens is 7.